The van der Waals surface area contributed by atoms with E-state index < -0.39 is 5.91 Å². The van der Waals surface area contributed by atoms with Gasteiger partial charge in [0.05, 0.1) is 6.54 Å². The standard InChI is InChI=1S/C13H14N4O/c14-13(18)11-6-12-15-7-10(8-17(12)16-11)9-4-2-1-3-5-9/h1-6,10,15H,7-8H2,(H2,14,18). The maximum Gasteiger partial charge on any atom is 0.269 e. The highest BCUT2D eigenvalue weighted by Gasteiger charge is 2.22. The third-order valence-corrected chi connectivity index (χ3v) is 3.23. The number of rotatable bonds is 2. The van der Waals surface area contributed by atoms with E-state index in [0.29, 0.717) is 11.6 Å². The van der Waals surface area contributed by atoms with E-state index >= 15 is 0 Å². The summed E-state index contributed by atoms with van der Waals surface area (Å²) in [6.07, 6.45) is 0. The summed E-state index contributed by atoms with van der Waals surface area (Å²) in [7, 11) is 0. The minimum absolute atomic E-state index is 0.311. The van der Waals surface area contributed by atoms with Crippen molar-refractivity contribution in [2.24, 2.45) is 5.73 Å². The van der Waals surface area contributed by atoms with Crippen molar-refractivity contribution < 1.29 is 4.79 Å². The molecule has 0 aliphatic carbocycles. The lowest BCUT2D eigenvalue weighted by atomic mass is 9.98. The predicted octanol–water partition coefficient (Wildman–Crippen LogP) is 1.19. The number of carbonyl (C=O) groups excluding carboxylic acids is 1. The van der Waals surface area contributed by atoms with Gasteiger partial charge in [-0.2, -0.15) is 5.10 Å². The molecular weight excluding hydrogens is 228 g/mol. The summed E-state index contributed by atoms with van der Waals surface area (Å²) in [5, 5.41) is 7.48. The molecule has 3 N–H and O–H groups in total. The molecule has 1 aliphatic rings. The number of amides is 1. The number of anilines is 1. The minimum Gasteiger partial charge on any atom is -0.370 e. The first-order valence-electron chi connectivity index (χ1n) is 5.90. The average molecular weight is 242 g/mol. The van der Waals surface area contributed by atoms with Crippen molar-refractivity contribution in [1.82, 2.24) is 9.78 Å². The van der Waals surface area contributed by atoms with Gasteiger partial charge in [-0.15, -0.1) is 0 Å². The molecule has 0 bridgehead atoms. The van der Waals surface area contributed by atoms with E-state index in [1.54, 1.807) is 10.7 Å². The fourth-order valence-corrected chi connectivity index (χ4v) is 2.27. The maximum atomic E-state index is 11.1. The number of nitrogens with zero attached hydrogens (tertiary/aromatic N) is 2. The SMILES string of the molecule is NC(=O)c1cc2n(n1)CC(c1ccccc1)CN2. The Kier molecular flexibility index (Phi) is 2.51. The summed E-state index contributed by atoms with van der Waals surface area (Å²) in [4.78, 5) is 11.1. The van der Waals surface area contributed by atoms with E-state index in [9.17, 15) is 4.79 Å². The topological polar surface area (TPSA) is 72.9 Å². The highest BCUT2D eigenvalue weighted by molar-refractivity contribution is 5.91. The summed E-state index contributed by atoms with van der Waals surface area (Å²) in [6.45, 7) is 1.60. The Morgan fingerprint density at radius 1 is 1.39 bits per heavy atom. The second kappa shape index (κ2) is 4.18. The zero-order valence-corrected chi connectivity index (χ0v) is 9.84. The van der Waals surface area contributed by atoms with Crippen LogP contribution in [0.4, 0.5) is 5.82 Å². The van der Waals surface area contributed by atoms with E-state index in [1.807, 2.05) is 18.2 Å². The van der Waals surface area contributed by atoms with Crippen molar-refractivity contribution in [2.75, 3.05) is 11.9 Å². The number of nitrogens with two attached hydrogens (primary N) is 1. The first-order chi connectivity index (χ1) is 8.74. The van der Waals surface area contributed by atoms with Crippen LogP contribution < -0.4 is 11.1 Å². The molecule has 1 aliphatic heterocycles. The minimum atomic E-state index is -0.491. The van der Waals surface area contributed by atoms with E-state index in [2.05, 4.69) is 22.5 Å². The van der Waals surface area contributed by atoms with E-state index in [4.69, 9.17) is 5.73 Å². The van der Waals surface area contributed by atoms with Gasteiger partial charge in [0, 0.05) is 18.5 Å². The fourth-order valence-electron chi connectivity index (χ4n) is 2.27. The molecule has 18 heavy (non-hydrogen) atoms. The number of aromatic nitrogens is 2. The van der Waals surface area contributed by atoms with Crippen molar-refractivity contribution in [2.45, 2.75) is 12.5 Å². The van der Waals surface area contributed by atoms with Crippen molar-refractivity contribution >= 4 is 11.7 Å². The van der Waals surface area contributed by atoms with Crippen LogP contribution in [0.3, 0.4) is 0 Å². The molecular formula is C13H14N4O. The van der Waals surface area contributed by atoms with Gasteiger partial charge < -0.3 is 11.1 Å². The number of carbonyl (C=O) groups is 1. The number of primary amides is 1. The van der Waals surface area contributed by atoms with Gasteiger partial charge in [0.1, 0.15) is 5.82 Å². The molecule has 5 nitrogen and oxygen atoms in total. The van der Waals surface area contributed by atoms with Crippen LogP contribution in [0.15, 0.2) is 36.4 Å². The van der Waals surface area contributed by atoms with Crippen molar-refractivity contribution in [3.63, 3.8) is 0 Å². The van der Waals surface area contributed by atoms with Crippen LogP contribution >= 0.6 is 0 Å². The molecule has 1 atom stereocenters. The highest BCUT2D eigenvalue weighted by atomic mass is 16.1. The first kappa shape index (κ1) is 10.8. The molecule has 0 fully saturated rings. The molecule has 3 rings (SSSR count). The third kappa shape index (κ3) is 1.84. The maximum absolute atomic E-state index is 11.1. The Bertz CT molecular complexity index is 576. The van der Waals surface area contributed by atoms with Crippen LogP contribution in [0.1, 0.15) is 22.0 Å². The molecule has 0 saturated heterocycles. The second-order valence-electron chi connectivity index (χ2n) is 4.45. The Labute approximate surface area is 105 Å². The van der Waals surface area contributed by atoms with Crippen LogP contribution in [0.2, 0.25) is 0 Å². The summed E-state index contributed by atoms with van der Waals surface area (Å²) in [6, 6.07) is 12.0. The van der Waals surface area contributed by atoms with Crippen LogP contribution in [0.25, 0.3) is 0 Å². The fraction of sp³-hybridized carbons (Fsp3) is 0.231. The molecule has 2 aromatic rings. The summed E-state index contributed by atoms with van der Waals surface area (Å²) in [5.74, 6) is 0.727. The van der Waals surface area contributed by atoms with Gasteiger partial charge in [-0.25, -0.2) is 4.68 Å². The lowest BCUT2D eigenvalue weighted by molar-refractivity contribution is 0.0994. The number of hydrogen-bond acceptors (Lipinski definition) is 3. The highest BCUT2D eigenvalue weighted by Crippen LogP contribution is 2.25. The normalized spacial score (nSPS) is 17.9. The second-order valence-corrected chi connectivity index (χ2v) is 4.45. The Morgan fingerprint density at radius 3 is 2.89 bits per heavy atom. The van der Waals surface area contributed by atoms with Crippen LogP contribution in [0.5, 0.6) is 0 Å². The molecule has 1 aromatic heterocycles. The zero-order valence-electron chi connectivity index (χ0n) is 9.84. The van der Waals surface area contributed by atoms with Crippen LogP contribution in [0, 0.1) is 0 Å². The van der Waals surface area contributed by atoms with Gasteiger partial charge in [-0.05, 0) is 5.56 Å². The van der Waals surface area contributed by atoms with E-state index in [0.717, 1.165) is 18.9 Å². The molecule has 92 valence electrons. The predicted molar refractivity (Wildman–Crippen MR) is 68.4 cm³/mol. The van der Waals surface area contributed by atoms with Crippen LogP contribution in [-0.2, 0) is 6.54 Å². The Balaban J connectivity index is 1.87. The van der Waals surface area contributed by atoms with E-state index in [-0.39, 0.29) is 0 Å². The quantitative estimate of drug-likeness (QED) is 0.830. The zero-order chi connectivity index (χ0) is 12.5. The monoisotopic (exact) mass is 242 g/mol. The van der Waals surface area contributed by atoms with Crippen molar-refractivity contribution in [3.8, 4) is 0 Å². The lowest BCUT2D eigenvalue weighted by Gasteiger charge is -2.25. The van der Waals surface area contributed by atoms with Gasteiger partial charge in [0.2, 0.25) is 0 Å². The molecule has 0 saturated carbocycles. The van der Waals surface area contributed by atoms with Gasteiger partial charge in [-0.1, -0.05) is 30.3 Å². The Morgan fingerprint density at radius 2 is 2.17 bits per heavy atom. The number of nitrogens with one attached hydrogen (secondary N) is 1. The smallest absolute Gasteiger partial charge is 0.269 e. The largest absolute Gasteiger partial charge is 0.370 e. The summed E-state index contributed by atoms with van der Waals surface area (Å²) in [5.41, 5.74) is 6.81. The van der Waals surface area contributed by atoms with E-state index in [1.165, 1.54) is 5.56 Å². The summed E-state index contributed by atoms with van der Waals surface area (Å²) >= 11 is 0. The molecule has 0 spiro atoms. The van der Waals surface area contributed by atoms with Crippen molar-refractivity contribution in [3.05, 3.63) is 47.7 Å². The molecule has 1 aromatic carbocycles. The Hall–Kier alpha value is -2.30. The van der Waals surface area contributed by atoms with Crippen molar-refractivity contribution in [1.29, 1.82) is 0 Å². The van der Waals surface area contributed by atoms with Gasteiger partial charge in [-0.3, -0.25) is 4.79 Å². The first-order valence-corrected chi connectivity index (χ1v) is 5.90. The van der Waals surface area contributed by atoms with Gasteiger partial charge in [0.25, 0.3) is 5.91 Å². The average Bonchev–Trinajstić information content (AvgIpc) is 2.82. The lowest BCUT2D eigenvalue weighted by Crippen LogP contribution is -2.26. The number of hydrogen-bond donors (Lipinski definition) is 2. The number of benzene rings is 1. The molecule has 2 heterocycles. The van der Waals surface area contributed by atoms with Crippen LogP contribution in [-0.4, -0.2) is 22.2 Å². The third-order valence-electron chi connectivity index (χ3n) is 3.23. The van der Waals surface area contributed by atoms with Gasteiger partial charge in [0.15, 0.2) is 5.69 Å². The summed E-state index contributed by atoms with van der Waals surface area (Å²) < 4.78 is 1.81. The molecule has 5 heteroatoms. The van der Waals surface area contributed by atoms with Gasteiger partial charge >= 0.3 is 0 Å². The molecule has 1 unspecified atom stereocenters. The number of fused-ring (bicyclic) bond motifs is 1. The molecule has 1 amide bonds. The molecule has 0 radical (unpaired) electrons.